The minimum absolute atomic E-state index is 0.169. The minimum Gasteiger partial charge on any atom is -0.352 e. The quantitative estimate of drug-likeness (QED) is 0.692. The summed E-state index contributed by atoms with van der Waals surface area (Å²) in [5.74, 6) is 3.95. The molecular formula is C20H31N5OS. The fraction of sp³-hybridized carbons (Fsp3) is 0.850. The van der Waals surface area contributed by atoms with Gasteiger partial charge in [-0.3, -0.25) is 9.36 Å². The number of nitrogens with zero attached hydrogens (tertiary/aromatic N) is 4. The summed E-state index contributed by atoms with van der Waals surface area (Å²) in [6.07, 6.45) is 10.1. The molecule has 4 fully saturated rings. The Morgan fingerprint density at radius 1 is 1.07 bits per heavy atom. The number of rotatable bonds is 8. The molecule has 7 heteroatoms. The van der Waals surface area contributed by atoms with Crippen LogP contribution in [0.3, 0.4) is 0 Å². The van der Waals surface area contributed by atoms with Gasteiger partial charge in [-0.05, 0) is 69.1 Å². The number of piperidine rings is 1. The van der Waals surface area contributed by atoms with E-state index in [2.05, 4.69) is 31.9 Å². The van der Waals surface area contributed by atoms with E-state index in [1.54, 1.807) is 11.8 Å². The van der Waals surface area contributed by atoms with Crippen molar-refractivity contribution >= 4 is 23.6 Å². The molecule has 0 atom stereocenters. The van der Waals surface area contributed by atoms with Gasteiger partial charge in [0.2, 0.25) is 11.9 Å². The zero-order chi connectivity index (χ0) is 18.4. The summed E-state index contributed by atoms with van der Waals surface area (Å²) in [5, 5.41) is 13.2. The number of aromatic nitrogens is 3. The molecule has 0 radical (unpaired) electrons. The van der Waals surface area contributed by atoms with Gasteiger partial charge in [0.1, 0.15) is 0 Å². The smallest absolute Gasteiger partial charge is 0.230 e. The molecule has 6 nitrogen and oxygen atoms in total. The average molecular weight is 390 g/mol. The Hall–Kier alpha value is -1.24. The largest absolute Gasteiger partial charge is 0.352 e. The second kappa shape index (κ2) is 7.30. The molecule has 2 heterocycles. The summed E-state index contributed by atoms with van der Waals surface area (Å²) in [6.45, 7) is 4.47. The van der Waals surface area contributed by atoms with Gasteiger partial charge < -0.3 is 10.2 Å². The van der Waals surface area contributed by atoms with Crippen molar-refractivity contribution in [3.63, 3.8) is 0 Å². The molecule has 4 aliphatic rings. The van der Waals surface area contributed by atoms with E-state index in [9.17, 15) is 4.79 Å². The Bertz CT molecular complexity index is 675. The number of hydrogen-bond acceptors (Lipinski definition) is 5. The Kier molecular flexibility index (Phi) is 4.82. The van der Waals surface area contributed by atoms with E-state index in [4.69, 9.17) is 0 Å². The number of thioether (sulfide) groups is 1. The number of nitrogens with one attached hydrogen (secondary N) is 1. The zero-order valence-corrected chi connectivity index (χ0v) is 17.1. The van der Waals surface area contributed by atoms with Crippen LogP contribution in [0.2, 0.25) is 0 Å². The number of hydrogen-bond donors (Lipinski definition) is 1. The van der Waals surface area contributed by atoms with Gasteiger partial charge in [-0.25, -0.2) is 0 Å². The van der Waals surface area contributed by atoms with Crippen molar-refractivity contribution in [2.45, 2.75) is 75.5 Å². The number of carbonyl (C=O) groups excluding carboxylic acids is 1. The number of amides is 1. The average Bonchev–Trinajstić information content (AvgIpc) is 3.53. The molecule has 0 bridgehead atoms. The Labute approximate surface area is 165 Å². The molecule has 1 aromatic heterocycles. The Morgan fingerprint density at radius 3 is 2.33 bits per heavy atom. The summed E-state index contributed by atoms with van der Waals surface area (Å²) in [5.41, 5.74) is 0. The molecule has 1 saturated heterocycles. The number of carbonyl (C=O) groups is 1. The third kappa shape index (κ3) is 4.13. The SMILES string of the molecule is CC1CCN(c2nnc(SCC(=O)NC(C3CC3)C3CC3)n2C2CC2)CC1. The van der Waals surface area contributed by atoms with Gasteiger partial charge in [-0.1, -0.05) is 18.7 Å². The van der Waals surface area contributed by atoms with E-state index in [1.165, 1.54) is 51.4 Å². The maximum Gasteiger partial charge on any atom is 0.230 e. The third-order valence-corrected chi connectivity index (χ3v) is 7.49. The molecule has 1 N–H and O–H groups in total. The third-order valence-electron chi connectivity index (χ3n) is 6.54. The van der Waals surface area contributed by atoms with Gasteiger partial charge in [0, 0.05) is 25.2 Å². The van der Waals surface area contributed by atoms with E-state index in [0.717, 1.165) is 41.9 Å². The van der Waals surface area contributed by atoms with E-state index in [1.807, 2.05) is 0 Å². The fourth-order valence-electron chi connectivity index (χ4n) is 4.33. The lowest BCUT2D eigenvalue weighted by atomic mass is 10.00. The second-order valence-corrected chi connectivity index (χ2v) is 10.1. The van der Waals surface area contributed by atoms with Crippen molar-refractivity contribution < 1.29 is 4.79 Å². The first-order chi connectivity index (χ1) is 13.2. The van der Waals surface area contributed by atoms with Crippen LogP contribution in [0.25, 0.3) is 0 Å². The summed E-state index contributed by atoms with van der Waals surface area (Å²) in [4.78, 5) is 14.9. The first kappa shape index (κ1) is 17.8. The van der Waals surface area contributed by atoms with Crippen LogP contribution in [-0.2, 0) is 4.79 Å². The predicted octanol–water partition coefficient (Wildman–Crippen LogP) is 3.25. The molecule has 1 amide bonds. The highest BCUT2D eigenvalue weighted by molar-refractivity contribution is 7.99. The highest BCUT2D eigenvalue weighted by atomic mass is 32.2. The summed E-state index contributed by atoms with van der Waals surface area (Å²) in [7, 11) is 0. The van der Waals surface area contributed by atoms with Crippen LogP contribution >= 0.6 is 11.8 Å². The molecule has 3 aliphatic carbocycles. The minimum atomic E-state index is 0.169. The van der Waals surface area contributed by atoms with Crippen molar-refractivity contribution in [3.05, 3.63) is 0 Å². The lowest BCUT2D eigenvalue weighted by Gasteiger charge is -2.31. The van der Waals surface area contributed by atoms with Crippen LogP contribution in [0.1, 0.15) is 64.3 Å². The van der Waals surface area contributed by atoms with Crippen molar-refractivity contribution in [2.75, 3.05) is 23.7 Å². The van der Waals surface area contributed by atoms with E-state index < -0.39 is 0 Å². The van der Waals surface area contributed by atoms with Gasteiger partial charge >= 0.3 is 0 Å². The molecule has 3 saturated carbocycles. The monoisotopic (exact) mass is 389 g/mol. The Morgan fingerprint density at radius 2 is 1.74 bits per heavy atom. The number of anilines is 1. The normalized spacial score (nSPS) is 23.9. The van der Waals surface area contributed by atoms with Crippen molar-refractivity contribution in [1.29, 1.82) is 0 Å². The van der Waals surface area contributed by atoms with Gasteiger partial charge in [-0.15, -0.1) is 10.2 Å². The second-order valence-electron chi connectivity index (χ2n) is 9.11. The lowest BCUT2D eigenvalue weighted by Crippen LogP contribution is -2.39. The molecule has 5 rings (SSSR count). The van der Waals surface area contributed by atoms with Gasteiger partial charge in [0.15, 0.2) is 5.16 Å². The summed E-state index contributed by atoms with van der Waals surface area (Å²) < 4.78 is 2.31. The van der Waals surface area contributed by atoms with Gasteiger partial charge in [0.05, 0.1) is 5.75 Å². The van der Waals surface area contributed by atoms with E-state index >= 15 is 0 Å². The van der Waals surface area contributed by atoms with Gasteiger partial charge in [-0.2, -0.15) is 0 Å². The van der Waals surface area contributed by atoms with Crippen molar-refractivity contribution in [2.24, 2.45) is 17.8 Å². The van der Waals surface area contributed by atoms with Crippen LogP contribution in [0, 0.1) is 17.8 Å². The maximum absolute atomic E-state index is 12.5. The van der Waals surface area contributed by atoms with Crippen LogP contribution in [-0.4, -0.2) is 45.6 Å². The van der Waals surface area contributed by atoms with E-state index in [-0.39, 0.29) is 5.91 Å². The standard InChI is InChI=1S/C20H31N5OS/c1-13-8-10-24(11-9-13)19-22-23-20(25(19)16-6-7-16)27-12-17(26)21-18(14-2-3-14)15-4-5-15/h13-16,18H,2-12H2,1H3,(H,21,26). The highest BCUT2D eigenvalue weighted by Gasteiger charge is 2.42. The highest BCUT2D eigenvalue weighted by Crippen LogP contribution is 2.45. The first-order valence-electron chi connectivity index (χ1n) is 10.8. The van der Waals surface area contributed by atoms with Crippen LogP contribution in [0.5, 0.6) is 0 Å². The molecule has 0 unspecified atom stereocenters. The van der Waals surface area contributed by atoms with Crippen LogP contribution < -0.4 is 10.2 Å². The molecular weight excluding hydrogens is 358 g/mol. The van der Waals surface area contributed by atoms with Crippen LogP contribution in [0.4, 0.5) is 5.95 Å². The Balaban J connectivity index is 1.22. The summed E-state index contributed by atoms with van der Waals surface area (Å²) in [6, 6.07) is 0.968. The van der Waals surface area contributed by atoms with Crippen molar-refractivity contribution in [1.82, 2.24) is 20.1 Å². The molecule has 148 valence electrons. The van der Waals surface area contributed by atoms with Crippen LogP contribution in [0.15, 0.2) is 5.16 Å². The molecule has 0 aromatic carbocycles. The molecule has 1 aromatic rings. The van der Waals surface area contributed by atoms with E-state index in [0.29, 0.717) is 17.8 Å². The molecule has 27 heavy (non-hydrogen) atoms. The maximum atomic E-state index is 12.5. The fourth-order valence-corrected chi connectivity index (χ4v) is 5.15. The first-order valence-corrected chi connectivity index (χ1v) is 11.8. The zero-order valence-electron chi connectivity index (χ0n) is 16.3. The molecule has 0 spiro atoms. The molecule has 1 aliphatic heterocycles. The topological polar surface area (TPSA) is 63.1 Å². The van der Waals surface area contributed by atoms with Crippen molar-refractivity contribution in [3.8, 4) is 0 Å². The predicted molar refractivity (Wildman–Crippen MR) is 107 cm³/mol. The summed E-state index contributed by atoms with van der Waals surface area (Å²) >= 11 is 1.57. The lowest BCUT2D eigenvalue weighted by molar-refractivity contribution is -0.119. The van der Waals surface area contributed by atoms with Gasteiger partial charge in [0.25, 0.3) is 0 Å².